The van der Waals surface area contributed by atoms with Gasteiger partial charge in [0.15, 0.2) is 0 Å². The van der Waals surface area contributed by atoms with E-state index in [0.29, 0.717) is 51.4 Å². The lowest BCUT2D eigenvalue weighted by atomic mass is 9.98. The highest BCUT2D eigenvalue weighted by molar-refractivity contribution is 6.05. The number of carboxylic acid groups (broad SMARTS) is 1. The zero-order valence-corrected chi connectivity index (χ0v) is 26.4. The van der Waals surface area contributed by atoms with Gasteiger partial charge < -0.3 is 29.8 Å². The fourth-order valence-corrected chi connectivity index (χ4v) is 6.92. The summed E-state index contributed by atoms with van der Waals surface area (Å²) in [7, 11) is 0. The average Bonchev–Trinajstić information content (AvgIpc) is 3.43. The van der Waals surface area contributed by atoms with E-state index in [-0.39, 0.29) is 0 Å². The van der Waals surface area contributed by atoms with Crippen molar-refractivity contribution in [1.82, 2.24) is 4.57 Å². The highest BCUT2D eigenvalue weighted by Crippen LogP contribution is 2.40. The minimum Gasteiger partial charge on any atom is -0.493 e. The zero-order chi connectivity index (χ0) is 32.2. The summed E-state index contributed by atoms with van der Waals surface area (Å²) in [5.74, 6) is -0.0978. The van der Waals surface area contributed by atoms with E-state index in [9.17, 15) is 9.90 Å². The van der Waals surface area contributed by atoms with E-state index < -0.39 is 5.97 Å². The van der Waals surface area contributed by atoms with Gasteiger partial charge in [0.25, 0.3) is 0 Å². The van der Waals surface area contributed by atoms with Gasteiger partial charge >= 0.3 is 5.97 Å². The Balaban J connectivity index is 1.31. The third-order valence-corrected chi connectivity index (χ3v) is 9.08. The number of hydrogen-bond donors (Lipinski definition) is 2. The highest BCUT2D eigenvalue weighted by atomic mass is 16.5. The Hall–Kier alpha value is -5.11. The van der Waals surface area contributed by atoms with Gasteiger partial charge in [-0.3, -0.25) is 0 Å². The van der Waals surface area contributed by atoms with Gasteiger partial charge in [-0.15, -0.1) is 0 Å². The number of anilines is 1. The Bertz CT molecular complexity index is 2040. The Labute approximate surface area is 274 Å². The molecule has 0 saturated carbocycles. The SMILES string of the molecule is NCc1cccc(Cn2c(C(=O)O)c(CCCOc3cccc4ccccc34)c3cccc(-c4ccccc4N4CCOCC4)c32)c1. The number of benzene rings is 5. The van der Waals surface area contributed by atoms with Gasteiger partial charge in [0.05, 0.1) is 25.3 Å². The molecule has 2 heterocycles. The van der Waals surface area contributed by atoms with E-state index in [4.69, 9.17) is 15.2 Å². The van der Waals surface area contributed by atoms with Crippen LogP contribution < -0.4 is 15.4 Å². The van der Waals surface area contributed by atoms with E-state index in [1.807, 2.05) is 47.0 Å². The number of nitrogens with zero attached hydrogens (tertiary/aromatic N) is 2. The lowest BCUT2D eigenvalue weighted by Gasteiger charge is -2.31. The summed E-state index contributed by atoms with van der Waals surface area (Å²) in [6.07, 6.45) is 1.23. The standard InChI is InChI=1S/C40H39N3O4/c41-26-28-9-5-10-29(25-28)27-43-38-33(32-14-3-4-18-36(32)42-20-23-46-24-21-42)15-7-16-34(38)35(39(43)40(44)45)17-8-22-47-37-19-6-12-30-11-1-2-13-31(30)37/h1-7,9-16,18-19,25H,8,17,20-24,26-27,41H2,(H,44,45). The molecule has 0 atom stereocenters. The topological polar surface area (TPSA) is 90.0 Å². The van der Waals surface area contributed by atoms with Crippen molar-refractivity contribution in [2.24, 2.45) is 5.73 Å². The van der Waals surface area contributed by atoms with Crippen molar-refractivity contribution >= 4 is 33.3 Å². The fraction of sp³-hybridized carbons (Fsp3) is 0.225. The molecule has 0 amide bonds. The first-order valence-corrected chi connectivity index (χ1v) is 16.3. The molecule has 7 heteroatoms. The van der Waals surface area contributed by atoms with E-state index in [0.717, 1.165) is 74.0 Å². The van der Waals surface area contributed by atoms with Crippen LogP contribution in [-0.2, 0) is 24.2 Å². The molecular weight excluding hydrogens is 586 g/mol. The van der Waals surface area contributed by atoms with Gasteiger partial charge in [-0.05, 0) is 47.1 Å². The maximum absolute atomic E-state index is 13.2. The van der Waals surface area contributed by atoms with Crippen molar-refractivity contribution in [3.63, 3.8) is 0 Å². The maximum Gasteiger partial charge on any atom is 0.352 e. The fourth-order valence-electron chi connectivity index (χ4n) is 6.92. The lowest BCUT2D eigenvalue weighted by molar-refractivity contribution is 0.0684. The summed E-state index contributed by atoms with van der Waals surface area (Å²) in [5.41, 5.74) is 13.3. The summed E-state index contributed by atoms with van der Waals surface area (Å²) in [6.45, 7) is 4.28. The Morgan fingerprint density at radius 2 is 1.51 bits per heavy atom. The molecule has 1 aliphatic heterocycles. The van der Waals surface area contributed by atoms with E-state index in [2.05, 4.69) is 71.6 Å². The molecule has 238 valence electrons. The number of nitrogens with two attached hydrogens (primary N) is 1. The van der Waals surface area contributed by atoms with Crippen molar-refractivity contribution in [1.29, 1.82) is 0 Å². The number of carboxylic acids is 1. The van der Waals surface area contributed by atoms with Crippen LogP contribution >= 0.6 is 0 Å². The lowest BCUT2D eigenvalue weighted by Crippen LogP contribution is -2.36. The van der Waals surface area contributed by atoms with Gasteiger partial charge in [-0.2, -0.15) is 0 Å². The van der Waals surface area contributed by atoms with Crippen LogP contribution in [0, 0.1) is 0 Å². The number of aromatic nitrogens is 1. The Morgan fingerprint density at radius 3 is 2.36 bits per heavy atom. The number of rotatable bonds is 11. The number of morpholine rings is 1. The maximum atomic E-state index is 13.2. The smallest absolute Gasteiger partial charge is 0.352 e. The van der Waals surface area contributed by atoms with Crippen molar-refractivity contribution in [2.45, 2.75) is 25.9 Å². The van der Waals surface area contributed by atoms with Crippen molar-refractivity contribution in [2.75, 3.05) is 37.8 Å². The first-order valence-electron chi connectivity index (χ1n) is 16.3. The highest BCUT2D eigenvalue weighted by Gasteiger charge is 2.26. The average molecular weight is 626 g/mol. The molecular formula is C40H39N3O4. The van der Waals surface area contributed by atoms with Crippen molar-refractivity contribution in [3.8, 4) is 16.9 Å². The normalized spacial score (nSPS) is 13.3. The molecule has 0 unspecified atom stereocenters. The van der Waals surface area contributed by atoms with Gasteiger partial charge in [0.2, 0.25) is 0 Å². The second kappa shape index (κ2) is 13.7. The number of aromatic carboxylic acids is 1. The van der Waals surface area contributed by atoms with E-state index >= 15 is 0 Å². The molecule has 1 aliphatic rings. The number of carbonyl (C=O) groups is 1. The van der Waals surface area contributed by atoms with Gasteiger partial charge in [0, 0.05) is 53.8 Å². The second-order valence-electron chi connectivity index (χ2n) is 12.0. The number of aryl methyl sites for hydroxylation is 1. The largest absolute Gasteiger partial charge is 0.493 e. The van der Waals surface area contributed by atoms with Crippen LogP contribution in [0.2, 0.25) is 0 Å². The molecule has 1 fully saturated rings. The molecule has 0 aliphatic carbocycles. The summed E-state index contributed by atoms with van der Waals surface area (Å²) >= 11 is 0. The van der Waals surface area contributed by atoms with Crippen LogP contribution in [0.3, 0.4) is 0 Å². The molecule has 7 rings (SSSR count). The van der Waals surface area contributed by atoms with Crippen LogP contribution in [0.5, 0.6) is 5.75 Å². The third-order valence-electron chi connectivity index (χ3n) is 9.08. The van der Waals surface area contributed by atoms with Crippen LogP contribution in [0.4, 0.5) is 5.69 Å². The number of para-hydroxylation sites is 2. The minimum atomic E-state index is -0.937. The second-order valence-corrected chi connectivity index (χ2v) is 12.0. The number of fused-ring (bicyclic) bond motifs is 2. The van der Waals surface area contributed by atoms with Crippen LogP contribution in [0.25, 0.3) is 32.8 Å². The first-order chi connectivity index (χ1) is 23.1. The van der Waals surface area contributed by atoms with E-state index in [1.165, 1.54) is 0 Å². The molecule has 6 aromatic rings. The Morgan fingerprint density at radius 1 is 0.809 bits per heavy atom. The summed E-state index contributed by atoms with van der Waals surface area (Å²) < 4.78 is 13.9. The van der Waals surface area contributed by atoms with Crippen molar-refractivity contribution in [3.05, 3.63) is 132 Å². The van der Waals surface area contributed by atoms with Crippen molar-refractivity contribution < 1.29 is 19.4 Å². The molecule has 3 N–H and O–H groups in total. The molecule has 0 bridgehead atoms. The molecule has 47 heavy (non-hydrogen) atoms. The number of hydrogen-bond acceptors (Lipinski definition) is 5. The van der Waals surface area contributed by atoms with Gasteiger partial charge in [0.1, 0.15) is 11.4 Å². The van der Waals surface area contributed by atoms with Crippen LogP contribution in [0.1, 0.15) is 33.6 Å². The van der Waals surface area contributed by atoms with Crippen LogP contribution in [-0.4, -0.2) is 48.6 Å². The number of ether oxygens (including phenoxy) is 2. The van der Waals surface area contributed by atoms with Gasteiger partial charge in [-0.1, -0.05) is 97.1 Å². The molecule has 0 radical (unpaired) electrons. The van der Waals surface area contributed by atoms with Crippen LogP contribution in [0.15, 0.2) is 109 Å². The Kier molecular flexibility index (Phi) is 8.91. The third kappa shape index (κ3) is 6.20. The monoisotopic (exact) mass is 625 g/mol. The molecule has 7 nitrogen and oxygen atoms in total. The van der Waals surface area contributed by atoms with E-state index in [1.54, 1.807) is 0 Å². The molecule has 1 aromatic heterocycles. The molecule has 1 saturated heterocycles. The minimum absolute atomic E-state index is 0.319. The summed E-state index contributed by atoms with van der Waals surface area (Å²) in [4.78, 5) is 15.6. The first kappa shape index (κ1) is 30.5. The predicted octanol–water partition coefficient (Wildman–Crippen LogP) is 7.51. The predicted molar refractivity (Wildman–Crippen MR) is 189 cm³/mol. The summed E-state index contributed by atoms with van der Waals surface area (Å²) in [5, 5.41) is 14.0. The molecule has 0 spiro atoms. The van der Waals surface area contributed by atoms with Gasteiger partial charge in [-0.25, -0.2) is 4.79 Å². The zero-order valence-electron chi connectivity index (χ0n) is 26.4. The summed E-state index contributed by atoms with van der Waals surface area (Å²) in [6, 6.07) is 37.0. The molecule has 5 aromatic carbocycles. The quantitative estimate of drug-likeness (QED) is 0.145.